The van der Waals surface area contributed by atoms with E-state index in [1.807, 2.05) is 6.07 Å². The third-order valence-electron chi connectivity index (χ3n) is 3.63. The van der Waals surface area contributed by atoms with Gasteiger partial charge in [-0.05, 0) is 50.4 Å². The van der Waals surface area contributed by atoms with Gasteiger partial charge >= 0.3 is 0 Å². The van der Waals surface area contributed by atoms with Crippen LogP contribution in [0.5, 0.6) is 0 Å². The third-order valence-corrected chi connectivity index (χ3v) is 3.63. The Labute approximate surface area is 109 Å². The van der Waals surface area contributed by atoms with E-state index in [1.54, 1.807) is 12.1 Å². The van der Waals surface area contributed by atoms with Gasteiger partial charge in [0.05, 0.1) is 0 Å². The van der Waals surface area contributed by atoms with Crippen LogP contribution in [-0.2, 0) is 0 Å². The van der Waals surface area contributed by atoms with Crippen molar-refractivity contribution in [3.63, 3.8) is 0 Å². The van der Waals surface area contributed by atoms with Crippen LogP contribution in [0.15, 0.2) is 24.3 Å². The summed E-state index contributed by atoms with van der Waals surface area (Å²) in [7, 11) is 0. The molecule has 0 spiro atoms. The fourth-order valence-corrected chi connectivity index (χ4v) is 2.47. The lowest BCUT2D eigenvalue weighted by molar-refractivity contribution is 0.470. The van der Waals surface area contributed by atoms with Gasteiger partial charge in [-0.25, -0.2) is 4.39 Å². The molecule has 1 unspecified atom stereocenters. The molecule has 2 rings (SSSR count). The Balaban J connectivity index is 2.03. The molecule has 0 aromatic heterocycles. The summed E-state index contributed by atoms with van der Waals surface area (Å²) in [6, 6.07) is 7.44. The van der Waals surface area contributed by atoms with Crippen LogP contribution >= 0.6 is 0 Å². The number of halogens is 1. The Kier molecular flexibility index (Phi) is 4.59. The van der Waals surface area contributed by atoms with Crippen LogP contribution in [0.3, 0.4) is 0 Å². The van der Waals surface area contributed by atoms with Gasteiger partial charge in [-0.3, -0.25) is 0 Å². The van der Waals surface area contributed by atoms with E-state index < -0.39 is 0 Å². The van der Waals surface area contributed by atoms with Crippen molar-refractivity contribution in [3.05, 3.63) is 30.1 Å². The van der Waals surface area contributed by atoms with Crippen molar-refractivity contribution in [1.29, 1.82) is 0 Å². The summed E-state index contributed by atoms with van der Waals surface area (Å²) in [5, 5.41) is 3.56. The first-order valence-electron chi connectivity index (χ1n) is 6.98. The lowest BCUT2D eigenvalue weighted by atomic mass is 10.1. The summed E-state index contributed by atoms with van der Waals surface area (Å²) >= 11 is 0. The van der Waals surface area contributed by atoms with Gasteiger partial charge in [-0.2, -0.15) is 0 Å². The highest BCUT2D eigenvalue weighted by Crippen LogP contribution is 2.33. The Hall–Kier alpha value is -1.09. The molecule has 1 aliphatic rings. The monoisotopic (exact) mass is 250 g/mol. The maximum absolute atomic E-state index is 13.3. The van der Waals surface area contributed by atoms with E-state index in [2.05, 4.69) is 24.1 Å². The molecule has 1 aromatic carbocycles. The van der Waals surface area contributed by atoms with Gasteiger partial charge in [0.25, 0.3) is 0 Å². The zero-order valence-electron chi connectivity index (χ0n) is 11.3. The van der Waals surface area contributed by atoms with Gasteiger partial charge in [0.15, 0.2) is 0 Å². The van der Waals surface area contributed by atoms with Crippen molar-refractivity contribution in [2.24, 2.45) is 5.92 Å². The molecule has 0 heterocycles. The van der Waals surface area contributed by atoms with Gasteiger partial charge in [0, 0.05) is 24.8 Å². The molecular formula is C15H23FN2. The van der Waals surface area contributed by atoms with Gasteiger partial charge in [0.2, 0.25) is 0 Å². The number of anilines is 1. The van der Waals surface area contributed by atoms with E-state index in [9.17, 15) is 4.39 Å². The lowest BCUT2D eigenvalue weighted by Gasteiger charge is -2.29. The van der Waals surface area contributed by atoms with Crippen LogP contribution in [0, 0.1) is 11.7 Å². The molecule has 1 fully saturated rings. The molecule has 3 heteroatoms. The van der Waals surface area contributed by atoms with Crippen LogP contribution in [-0.4, -0.2) is 25.7 Å². The highest BCUT2D eigenvalue weighted by atomic mass is 19.1. The smallest absolute Gasteiger partial charge is 0.125 e. The molecule has 0 bridgehead atoms. The lowest BCUT2D eigenvalue weighted by Crippen LogP contribution is -2.42. The first kappa shape index (κ1) is 13.3. The molecule has 1 N–H and O–H groups in total. The molecule has 0 amide bonds. The van der Waals surface area contributed by atoms with E-state index >= 15 is 0 Å². The van der Waals surface area contributed by atoms with Crippen molar-refractivity contribution < 1.29 is 4.39 Å². The molecule has 1 saturated carbocycles. The summed E-state index contributed by atoms with van der Waals surface area (Å²) in [5.74, 6) is 0.657. The number of hydrogen-bond acceptors (Lipinski definition) is 2. The highest BCUT2D eigenvalue weighted by Gasteiger charge is 2.31. The quantitative estimate of drug-likeness (QED) is 0.800. The molecular weight excluding hydrogens is 227 g/mol. The number of hydrogen-bond donors (Lipinski definition) is 1. The molecule has 2 nitrogen and oxygen atoms in total. The minimum Gasteiger partial charge on any atom is -0.370 e. The van der Waals surface area contributed by atoms with Crippen LogP contribution in [0.25, 0.3) is 0 Å². The van der Waals surface area contributed by atoms with E-state index in [4.69, 9.17) is 0 Å². The SMILES string of the molecule is CCNC(CN(CC)c1cccc(F)c1)C1CC1. The molecule has 1 aliphatic carbocycles. The fourth-order valence-electron chi connectivity index (χ4n) is 2.47. The first-order chi connectivity index (χ1) is 8.74. The Bertz CT molecular complexity index is 377. The second-order valence-corrected chi connectivity index (χ2v) is 5.02. The Morgan fingerprint density at radius 3 is 2.72 bits per heavy atom. The second kappa shape index (κ2) is 6.19. The van der Waals surface area contributed by atoms with E-state index in [0.717, 1.165) is 31.2 Å². The van der Waals surface area contributed by atoms with Crippen molar-refractivity contribution in [2.75, 3.05) is 24.5 Å². The molecule has 1 atom stereocenters. The zero-order valence-corrected chi connectivity index (χ0v) is 11.3. The summed E-state index contributed by atoms with van der Waals surface area (Å²) in [6.07, 6.45) is 2.66. The van der Waals surface area contributed by atoms with Gasteiger partial charge in [0.1, 0.15) is 5.82 Å². The second-order valence-electron chi connectivity index (χ2n) is 5.02. The number of rotatable bonds is 7. The normalized spacial score (nSPS) is 16.6. The molecule has 0 aliphatic heterocycles. The van der Waals surface area contributed by atoms with E-state index in [1.165, 1.54) is 18.9 Å². The van der Waals surface area contributed by atoms with E-state index in [0.29, 0.717) is 6.04 Å². The number of nitrogens with zero attached hydrogens (tertiary/aromatic N) is 1. The third kappa shape index (κ3) is 3.45. The number of benzene rings is 1. The topological polar surface area (TPSA) is 15.3 Å². The standard InChI is InChI=1S/C15H23FN2/c1-3-17-15(12-8-9-12)11-18(4-2)14-7-5-6-13(16)10-14/h5-7,10,12,15,17H,3-4,8-9,11H2,1-2H3. The van der Waals surface area contributed by atoms with Gasteiger partial charge in [-0.1, -0.05) is 13.0 Å². The van der Waals surface area contributed by atoms with Gasteiger partial charge in [-0.15, -0.1) is 0 Å². The Morgan fingerprint density at radius 1 is 1.39 bits per heavy atom. The average molecular weight is 250 g/mol. The molecule has 100 valence electrons. The maximum atomic E-state index is 13.3. The summed E-state index contributed by atoms with van der Waals surface area (Å²) in [4.78, 5) is 2.26. The summed E-state index contributed by atoms with van der Waals surface area (Å²) in [6.45, 7) is 7.16. The predicted octanol–water partition coefficient (Wildman–Crippen LogP) is 3.04. The maximum Gasteiger partial charge on any atom is 0.125 e. The minimum absolute atomic E-state index is 0.155. The number of nitrogens with one attached hydrogen (secondary N) is 1. The molecule has 0 saturated heterocycles. The van der Waals surface area contributed by atoms with Crippen LogP contribution in [0.2, 0.25) is 0 Å². The van der Waals surface area contributed by atoms with E-state index in [-0.39, 0.29) is 5.82 Å². The van der Waals surface area contributed by atoms with Crippen LogP contribution in [0.1, 0.15) is 26.7 Å². The largest absolute Gasteiger partial charge is 0.370 e. The van der Waals surface area contributed by atoms with Crippen molar-refractivity contribution in [2.45, 2.75) is 32.7 Å². The minimum atomic E-state index is -0.155. The summed E-state index contributed by atoms with van der Waals surface area (Å²) < 4.78 is 13.3. The van der Waals surface area contributed by atoms with Crippen molar-refractivity contribution >= 4 is 5.69 Å². The average Bonchev–Trinajstić information content (AvgIpc) is 3.18. The zero-order chi connectivity index (χ0) is 13.0. The fraction of sp³-hybridized carbons (Fsp3) is 0.600. The van der Waals surface area contributed by atoms with Crippen molar-refractivity contribution in [3.8, 4) is 0 Å². The van der Waals surface area contributed by atoms with Gasteiger partial charge < -0.3 is 10.2 Å². The van der Waals surface area contributed by atoms with Crippen LogP contribution in [0.4, 0.5) is 10.1 Å². The first-order valence-corrected chi connectivity index (χ1v) is 6.98. The highest BCUT2D eigenvalue weighted by molar-refractivity contribution is 5.46. The predicted molar refractivity (Wildman–Crippen MR) is 74.5 cm³/mol. The number of likely N-dealkylation sites (N-methyl/N-ethyl adjacent to an activating group) is 2. The molecule has 18 heavy (non-hydrogen) atoms. The Morgan fingerprint density at radius 2 is 2.17 bits per heavy atom. The summed E-state index contributed by atoms with van der Waals surface area (Å²) in [5.41, 5.74) is 0.987. The molecule has 0 radical (unpaired) electrons. The van der Waals surface area contributed by atoms with Crippen molar-refractivity contribution in [1.82, 2.24) is 5.32 Å². The molecule has 1 aromatic rings. The van der Waals surface area contributed by atoms with Crippen LogP contribution < -0.4 is 10.2 Å².